The first-order valence-electron chi connectivity index (χ1n) is 8.77. The highest BCUT2D eigenvalue weighted by Gasteiger charge is 2.36. The van der Waals surface area contributed by atoms with Gasteiger partial charge in [-0.15, -0.1) is 0 Å². The molecule has 2 aliphatic heterocycles. The molecule has 5 heteroatoms. The van der Waals surface area contributed by atoms with Gasteiger partial charge in [0, 0.05) is 37.8 Å². The first-order valence-corrected chi connectivity index (χ1v) is 8.77. The molecule has 0 saturated carbocycles. The lowest BCUT2D eigenvalue weighted by atomic mass is 9.84. The highest BCUT2D eigenvalue weighted by Crippen LogP contribution is 2.32. The Bertz CT molecular complexity index is 588. The van der Waals surface area contributed by atoms with E-state index >= 15 is 0 Å². The van der Waals surface area contributed by atoms with Crippen LogP contribution in [0.3, 0.4) is 0 Å². The van der Waals surface area contributed by atoms with Crippen LogP contribution in [0.4, 0.5) is 0 Å². The minimum absolute atomic E-state index is 0.101. The summed E-state index contributed by atoms with van der Waals surface area (Å²) in [6.45, 7) is 8.43. The second-order valence-electron chi connectivity index (χ2n) is 7.30. The van der Waals surface area contributed by atoms with Gasteiger partial charge in [-0.25, -0.2) is 0 Å². The molecule has 2 atom stereocenters. The van der Waals surface area contributed by atoms with E-state index in [0.29, 0.717) is 34.9 Å². The highest BCUT2D eigenvalue weighted by atomic mass is 16.5. The van der Waals surface area contributed by atoms with E-state index in [4.69, 9.17) is 9.47 Å². The molecule has 1 amide bonds. The first-order chi connectivity index (χ1) is 11.5. The van der Waals surface area contributed by atoms with E-state index in [2.05, 4.69) is 18.7 Å². The van der Waals surface area contributed by atoms with Crippen molar-refractivity contribution in [1.29, 1.82) is 0 Å². The van der Waals surface area contributed by atoms with Crippen LogP contribution >= 0.6 is 0 Å². The van der Waals surface area contributed by atoms with Gasteiger partial charge in [0.25, 0.3) is 5.91 Å². The molecule has 1 aromatic rings. The number of hydrogen-bond acceptors (Lipinski definition) is 4. The number of fused-ring (bicyclic) bond motifs is 2. The third kappa shape index (κ3) is 3.36. The second kappa shape index (κ2) is 7.01. The quantitative estimate of drug-likeness (QED) is 0.850. The van der Waals surface area contributed by atoms with Gasteiger partial charge in [-0.2, -0.15) is 0 Å². The number of hydrogen-bond donors (Lipinski definition) is 0. The normalized spacial score (nSPS) is 24.1. The summed E-state index contributed by atoms with van der Waals surface area (Å²) in [5.74, 6) is 2.53. The Hall–Kier alpha value is -1.75. The topological polar surface area (TPSA) is 42.0 Å². The Morgan fingerprint density at radius 1 is 1.04 bits per heavy atom. The van der Waals surface area contributed by atoms with Gasteiger partial charge in [-0.1, -0.05) is 0 Å². The monoisotopic (exact) mass is 332 g/mol. The van der Waals surface area contributed by atoms with Crippen molar-refractivity contribution in [3.05, 3.63) is 23.8 Å². The number of ether oxygens (including phenoxy) is 2. The van der Waals surface area contributed by atoms with Crippen LogP contribution < -0.4 is 9.47 Å². The van der Waals surface area contributed by atoms with Crippen molar-refractivity contribution in [2.24, 2.45) is 11.8 Å². The van der Waals surface area contributed by atoms with Gasteiger partial charge in [-0.05, 0) is 50.3 Å². The summed E-state index contributed by atoms with van der Waals surface area (Å²) in [4.78, 5) is 17.5. The molecule has 24 heavy (non-hydrogen) atoms. The van der Waals surface area contributed by atoms with E-state index in [-0.39, 0.29) is 5.91 Å². The summed E-state index contributed by atoms with van der Waals surface area (Å²) in [6, 6.07) is 6.00. The number of carbonyl (C=O) groups is 1. The lowest BCUT2D eigenvalue weighted by Crippen LogP contribution is -2.55. The number of likely N-dealkylation sites (tertiary alicyclic amines) is 2. The lowest BCUT2D eigenvalue weighted by molar-refractivity contribution is 0.0168. The molecule has 3 rings (SSSR count). The summed E-state index contributed by atoms with van der Waals surface area (Å²) in [7, 11) is 3.20. The molecule has 132 valence electrons. The molecule has 0 N–H and O–H groups in total. The smallest absolute Gasteiger partial charge is 0.254 e. The van der Waals surface area contributed by atoms with Crippen LogP contribution in [0, 0.1) is 11.8 Å². The third-order valence-corrected chi connectivity index (χ3v) is 5.26. The standard InChI is InChI=1S/C19H28N2O3/c1-13(2)20-9-14-7-15(10-20)12-21(11-14)19(22)16-5-6-17(23-3)18(8-16)24-4/h5-6,8,13-15H,7,9-12H2,1-4H3/t14-,15+. The fourth-order valence-electron chi connectivity index (χ4n) is 4.06. The van der Waals surface area contributed by atoms with E-state index in [1.807, 2.05) is 11.0 Å². The van der Waals surface area contributed by atoms with Crippen molar-refractivity contribution >= 4 is 5.91 Å². The van der Waals surface area contributed by atoms with Crippen LogP contribution in [0.15, 0.2) is 18.2 Å². The highest BCUT2D eigenvalue weighted by molar-refractivity contribution is 5.95. The van der Waals surface area contributed by atoms with E-state index < -0.39 is 0 Å². The SMILES string of the molecule is COc1ccc(C(=O)N2C[C@H]3C[C@@H](C2)CN(C(C)C)C3)cc1OC. The van der Waals surface area contributed by atoms with Gasteiger partial charge < -0.3 is 19.3 Å². The van der Waals surface area contributed by atoms with Crippen molar-refractivity contribution in [3.8, 4) is 11.5 Å². The molecule has 2 bridgehead atoms. The average molecular weight is 332 g/mol. The lowest BCUT2D eigenvalue weighted by Gasteiger charge is -2.47. The van der Waals surface area contributed by atoms with Crippen LogP contribution in [0.25, 0.3) is 0 Å². The van der Waals surface area contributed by atoms with Crippen LogP contribution in [-0.4, -0.2) is 62.1 Å². The van der Waals surface area contributed by atoms with Crippen LogP contribution in [0.1, 0.15) is 30.6 Å². The summed E-state index contributed by atoms with van der Waals surface area (Å²) < 4.78 is 10.6. The zero-order valence-corrected chi connectivity index (χ0v) is 15.1. The molecular weight excluding hydrogens is 304 g/mol. The van der Waals surface area contributed by atoms with Gasteiger partial charge >= 0.3 is 0 Å². The maximum atomic E-state index is 12.9. The van der Waals surface area contributed by atoms with E-state index in [1.54, 1.807) is 26.4 Å². The summed E-state index contributed by atoms with van der Waals surface area (Å²) in [5.41, 5.74) is 0.674. The van der Waals surface area contributed by atoms with Crippen LogP contribution in [0.2, 0.25) is 0 Å². The summed E-state index contributed by atoms with van der Waals surface area (Å²) in [5, 5.41) is 0. The Morgan fingerprint density at radius 3 is 2.21 bits per heavy atom. The number of nitrogens with zero attached hydrogens (tertiary/aromatic N) is 2. The van der Waals surface area contributed by atoms with Gasteiger partial charge in [-0.3, -0.25) is 4.79 Å². The number of carbonyl (C=O) groups excluding carboxylic acids is 1. The predicted molar refractivity (Wildman–Crippen MR) is 93.8 cm³/mol. The van der Waals surface area contributed by atoms with E-state index in [9.17, 15) is 4.79 Å². The Morgan fingerprint density at radius 2 is 1.67 bits per heavy atom. The van der Waals surface area contributed by atoms with Gasteiger partial charge in [0.1, 0.15) is 0 Å². The molecule has 2 aliphatic rings. The van der Waals surface area contributed by atoms with Crippen LogP contribution in [0.5, 0.6) is 11.5 Å². The zero-order valence-electron chi connectivity index (χ0n) is 15.1. The number of rotatable bonds is 4. The van der Waals surface area contributed by atoms with E-state index in [1.165, 1.54) is 6.42 Å². The van der Waals surface area contributed by atoms with Crippen molar-refractivity contribution < 1.29 is 14.3 Å². The van der Waals surface area contributed by atoms with Crippen molar-refractivity contribution in [2.75, 3.05) is 40.4 Å². The minimum atomic E-state index is 0.101. The van der Waals surface area contributed by atoms with Crippen molar-refractivity contribution in [1.82, 2.24) is 9.80 Å². The largest absolute Gasteiger partial charge is 0.493 e. The number of methoxy groups -OCH3 is 2. The molecule has 5 nitrogen and oxygen atoms in total. The number of amides is 1. The Balaban J connectivity index is 1.73. The zero-order chi connectivity index (χ0) is 17.3. The molecule has 0 spiro atoms. The van der Waals surface area contributed by atoms with Gasteiger partial charge in [0.05, 0.1) is 14.2 Å². The average Bonchev–Trinajstić information content (AvgIpc) is 2.59. The van der Waals surface area contributed by atoms with Crippen molar-refractivity contribution in [3.63, 3.8) is 0 Å². The molecule has 1 aromatic carbocycles. The molecule has 2 fully saturated rings. The number of piperidine rings is 2. The minimum Gasteiger partial charge on any atom is -0.493 e. The van der Waals surface area contributed by atoms with Gasteiger partial charge in [0.15, 0.2) is 11.5 Å². The molecule has 2 heterocycles. The fraction of sp³-hybridized carbons (Fsp3) is 0.632. The molecule has 0 aromatic heterocycles. The molecule has 0 radical (unpaired) electrons. The Labute approximate surface area is 144 Å². The van der Waals surface area contributed by atoms with Crippen LogP contribution in [-0.2, 0) is 0 Å². The van der Waals surface area contributed by atoms with Gasteiger partial charge in [0.2, 0.25) is 0 Å². The molecule has 0 aliphatic carbocycles. The summed E-state index contributed by atoms with van der Waals surface area (Å²) in [6.07, 6.45) is 1.25. The first kappa shape index (κ1) is 17.1. The summed E-state index contributed by atoms with van der Waals surface area (Å²) >= 11 is 0. The number of benzene rings is 1. The fourth-order valence-corrected chi connectivity index (χ4v) is 4.06. The van der Waals surface area contributed by atoms with Crippen molar-refractivity contribution in [2.45, 2.75) is 26.3 Å². The second-order valence-corrected chi connectivity index (χ2v) is 7.30. The van der Waals surface area contributed by atoms with E-state index in [0.717, 1.165) is 26.2 Å². The predicted octanol–water partition coefficient (Wildman–Crippen LogP) is 2.51. The molecular formula is C19H28N2O3. The third-order valence-electron chi connectivity index (χ3n) is 5.26. The molecule has 2 saturated heterocycles. The molecule has 0 unspecified atom stereocenters. The maximum Gasteiger partial charge on any atom is 0.254 e. The Kier molecular flexibility index (Phi) is 4.99. The maximum absolute atomic E-state index is 12.9.